The van der Waals surface area contributed by atoms with Gasteiger partial charge in [-0.05, 0) is 30.5 Å². The van der Waals surface area contributed by atoms with Crippen molar-refractivity contribution in [2.24, 2.45) is 0 Å². The van der Waals surface area contributed by atoms with Crippen LogP contribution in [0, 0.1) is 0 Å². The van der Waals surface area contributed by atoms with E-state index in [2.05, 4.69) is 14.8 Å². The van der Waals surface area contributed by atoms with Gasteiger partial charge in [-0.1, -0.05) is 30.3 Å². The van der Waals surface area contributed by atoms with Gasteiger partial charge in [-0.25, -0.2) is 0 Å². The fourth-order valence-corrected chi connectivity index (χ4v) is 3.45. The maximum absolute atomic E-state index is 13.2. The minimum atomic E-state index is -3.72. The van der Waals surface area contributed by atoms with Crippen LogP contribution < -0.4 is 14.8 Å². The van der Waals surface area contributed by atoms with E-state index >= 15 is 0 Å². The van der Waals surface area contributed by atoms with Crippen molar-refractivity contribution in [1.29, 1.82) is 0 Å². The van der Waals surface area contributed by atoms with Crippen LogP contribution in [0.15, 0.2) is 48.5 Å². The summed E-state index contributed by atoms with van der Waals surface area (Å²) >= 11 is 0. The minimum absolute atomic E-state index is 0.0828. The largest absolute Gasteiger partial charge is 0.586 e. The second-order valence-electron chi connectivity index (χ2n) is 6.68. The van der Waals surface area contributed by atoms with Gasteiger partial charge in [-0.2, -0.15) is 0 Å². The fourth-order valence-electron chi connectivity index (χ4n) is 3.45. The molecule has 0 bridgehead atoms. The van der Waals surface area contributed by atoms with Gasteiger partial charge >= 0.3 is 6.29 Å². The SMILES string of the molecule is O=C(Nc1ccc2c(c1)OC(F)(F)O2)C(c1ccccc1)N1CCCCC1=O. The molecule has 28 heavy (non-hydrogen) atoms. The second-order valence-corrected chi connectivity index (χ2v) is 6.68. The summed E-state index contributed by atoms with van der Waals surface area (Å²) in [7, 11) is 0. The molecule has 0 radical (unpaired) electrons. The molecule has 1 fully saturated rings. The normalized spacial score (nSPS) is 18.6. The summed E-state index contributed by atoms with van der Waals surface area (Å²) in [4.78, 5) is 27.0. The Bertz CT molecular complexity index is 904. The first kappa shape index (κ1) is 18.2. The molecule has 146 valence electrons. The molecule has 1 saturated heterocycles. The maximum atomic E-state index is 13.2. The van der Waals surface area contributed by atoms with Crippen molar-refractivity contribution in [3.8, 4) is 11.5 Å². The zero-order chi connectivity index (χ0) is 19.7. The molecule has 8 heteroatoms. The molecule has 2 aliphatic rings. The number of piperidine rings is 1. The summed E-state index contributed by atoms with van der Waals surface area (Å²) in [5.41, 5.74) is 0.956. The van der Waals surface area contributed by atoms with Gasteiger partial charge in [0.15, 0.2) is 11.5 Å². The molecule has 2 aliphatic heterocycles. The van der Waals surface area contributed by atoms with E-state index in [-0.39, 0.29) is 23.1 Å². The van der Waals surface area contributed by atoms with Crippen LogP contribution in [0.5, 0.6) is 11.5 Å². The number of carbonyl (C=O) groups is 2. The number of alkyl halides is 2. The number of nitrogens with one attached hydrogen (secondary N) is 1. The summed E-state index contributed by atoms with van der Waals surface area (Å²) in [6, 6.07) is 12.2. The molecule has 6 nitrogen and oxygen atoms in total. The average Bonchev–Trinajstić information content (AvgIpc) is 2.97. The molecule has 2 heterocycles. The molecule has 1 atom stereocenters. The Morgan fingerprint density at radius 3 is 2.57 bits per heavy atom. The lowest BCUT2D eigenvalue weighted by atomic mass is 10.0. The predicted molar refractivity (Wildman–Crippen MR) is 96.0 cm³/mol. The molecule has 2 aromatic carbocycles. The Morgan fingerprint density at radius 1 is 1.07 bits per heavy atom. The Balaban J connectivity index is 1.59. The number of rotatable bonds is 4. The van der Waals surface area contributed by atoms with Crippen molar-refractivity contribution in [2.75, 3.05) is 11.9 Å². The zero-order valence-corrected chi connectivity index (χ0v) is 14.9. The topological polar surface area (TPSA) is 67.9 Å². The lowest BCUT2D eigenvalue weighted by molar-refractivity contribution is -0.286. The van der Waals surface area contributed by atoms with Crippen LogP contribution in [0.2, 0.25) is 0 Å². The third-order valence-corrected chi connectivity index (χ3v) is 4.70. The minimum Gasteiger partial charge on any atom is -0.395 e. The van der Waals surface area contributed by atoms with Crippen LogP contribution in [-0.4, -0.2) is 29.6 Å². The quantitative estimate of drug-likeness (QED) is 0.867. The summed E-state index contributed by atoms with van der Waals surface area (Å²) in [5.74, 6) is -0.769. The van der Waals surface area contributed by atoms with Crippen LogP contribution in [0.3, 0.4) is 0 Å². The van der Waals surface area contributed by atoms with Gasteiger partial charge in [0.05, 0.1) is 0 Å². The van der Waals surface area contributed by atoms with Crippen molar-refractivity contribution in [3.63, 3.8) is 0 Å². The van der Waals surface area contributed by atoms with Gasteiger partial charge in [-0.15, -0.1) is 8.78 Å². The molecule has 4 rings (SSSR count). The Morgan fingerprint density at radius 2 is 1.82 bits per heavy atom. The highest BCUT2D eigenvalue weighted by atomic mass is 19.3. The van der Waals surface area contributed by atoms with E-state index in [1.807, 2.05) is 6.07 Å². The smallest absolute Gasteiger partial charge is 0.395 e. The number of anilines is 1. The number of amides is 2. The fraction of sp³-hybridized carbons (Fsp3) is 0.300. The van der Waals surface area contributed by atoms with E-state index in [9.17, 15) is 18.4 Å². The molecule has 0 spiro atoms. The van der Waals surface area contributed by atoms with E-state index in [1.165, 1.54) is 18.2 Å². The lowest BCUT2D eigenvalue weighted by Crippen LogP contribution is -2.43. The first-order valence-electron chi connectivity index (χ1n) is 8.98. The average molecular weight is 388 g/mol. The molecule has 1 N–H and O–H groups in total. The highest BCUT2D eigenvalue weighted by molar-refractivity contribution is 5.98. The summed E-state index contributed by atoms with van der Waals surface area (Å²) in [5, 5.41) is 2.70. The van der Waals surface area contributed by atoms with Gasteiger partial charge in [0.1, 0.15) is 6.04 Å². The van der Waals surface area contributed by atoms with E-state index in [4.69, 9.17) is 0 Å². The number of benzene rings is 2. The number of ether oxygens (including phenoxy) is 2. The molecular formula is C20H18F2N2O4. The number of hydrogen-bond donors (Lipinski definition) is 1. The molecule has 2 aromatic rings. The van der Waals surface area contributed by atoms with Gasteiger partial charge in [0.25, 0.3) is 5.91 Å². The molecule has 0 saturated carbocycles. The molecular weight excluding hydrogens is 370 g/mol. The predicted octanol–water partition coefficient (Wildman–Crippen LogP) is 3.70. The molecule has 2 amide bonds. The number of carbonyl (C=O) groups excluding carboxylic acids is 2. The third kappa shape index (κ3) is 3.62. The lowest BCUT2D eigenvalue weighted by Gasteiger charge is -2.34. The van der Waals surface area contributed by atoms with Gasteiger partial charge in [0.2, 0.25) is 5.91 Å². The third-order valence-electron chi connectivity index (χ3n) is 4.70. The van der Waals surface area contributed by atoms with Gasteiger partial charge < -0.3 is 19.7 Å². The molecule has 1 unspecified atom stereocenters. The van der Waals surface area contributed by atoms with Crippen LogP contribution in [0.4, 0.5) is 14.5 Å². The van der Waals surface area contributed by atoms with Crippen LogP contribution >= 0.6 is 0 Å². The van der Waals surface area contributed by atoms with Crippen molar-refractivity contribution in [1.82, 2.24) is 4.90 Å². The monoisotopic (exact) mass is 388 g/mol. The first-order valence-corrected chi connectivity index (χ1v) is 8.98. The Labute approximate surface area is 160 Å². The van der Waals surface area contributed by atoms with E-state index in [0.29, 0.717) is 18.5 Å². The summed E-state index contributed by atoms with van der Waals surface area (Å²) in [6.07, 6.45) is -1.70. The Hall–Kier alpha value is -3.16. The highest BCUT2D eigenvalue weighted by Crippen LogP contribution is 2.42. The number of halogens is 2. The maximum Gasteiger partial charge on any atom is 0.586 e. The van der Waals surface area contributed by atoms with Gasteiger partial charge in [0, 0.05) is 24.7 Å². The van der Waals surface area contributed by atoms with Crippen molar-refractivity contribution in [3.05, 3.63) is 54.1 Å². The van der Waals surface area contributed by atoms with Crippen LogP contribution in [0.1, 0.15) is 30.9 Å². The highest BCUT2D eigenvalue weighted by Gasteiger charge is 2.43. The van der Waals surface area contributed by atoms with E-state index in [1.54, 1.807) is 29.2 Å². The van der Waals surface area contributed by atoms with Crippen LogP contribution in [-0.2, 0) is 9.59 Å². The number of fused-ring (bicyclic) bond motifs is 1. The van der Waals surface area contributed by atoms with E-state index in [0.717, 1.165) is 12.8 Å². The standard InChI is InChI=1S/C20H18F2N2O4/c21-20(22)27-15-10-9-14(12-16(15)28-20)23-19(26)18(13-6-2-1-3-7-13)24-11-5-4-8-17(24)25/h1-3,6-7,9-10,12,18H,4-5,8,11H2,(H,23,26). The Kier molecular flexibility index (Phi) is 4.62. The summed E-state index contributed by atoms with van der Waals surface area (Å²) < 4.78 is 35.2. The van der Waals surface area contributed by atoms with Crippen molar-refractivity contribution >= 4 is 17.5 Å². The molecule has 0 aromatic heterocycles. The van der Waals surface area contributed by atoms with Crippen LogP contribution in [0.25, 0.3) is 0 Å². The van der Waals surface area contributed by atoms with E-state index < -0.39 is 18.2 Å². The first-order chi connectivity index (χ1) is 13.4. The number of likely N-dealkylation sites (tertiary alicyclic amines) is 1. The van der Waals surface area contributed by atoms with Gasteiger partial charge in [-0.3, -0.25) is 9.59 Å². The second kappa shape index (κ2) is 7.10. The number of nitrogens with zero attached hydrogens (tertiary/aromatic N) is 1. The van der Waals surface area contributed by atoms with Crippen molar-refractivity contribution < 1.29 is 27.8 Å². The molecule has 0 aliphatic carbocycles. The zero-order valence-electron chi connectivity index (χ0n) is 14.9. The number of hydrogen-bond acceptors (Lipinski definition) is 4. The summed E-state index contributed by atoms with van der Waals surface area (Å²) in [6.45, 7) is 0.485. The van der Waals surface area contributed by atoms with Crippen molar-refractivity contribution in [2.45, 2.75) is 31.6 Å².